The maximum absolute atomic E-state index is 12.5. The number of anilines is 1. The van der Waals surface area contributed by atoms with Crippen LogP contribution in [0.5, 0.6) is 5.75 Å². The smallest absolute Gasteiger partial charge is 0.234 e. The lowest BCUT2D eigenvalue weighted by atomic mass is 10.2. The summed E-state index contributed by atoms with van der Waals surface area (Å²) in [4.78, 5) is 17.0. The summed E-state index contributed by atoms with van der Waals surface area (Å²) in [6, 6.07) is 26.4. The van der Waals surface area contributed by atoms with E-state index >= 15 is 0 Å². The highest BCUT2D eigenvalue weighted by atomic mass is 35.5. The summed E-state index contributed by atoms with van der Waals surface area (Å²) in [5.74, 6) is 1.30. The van der Waals surface area contributed by atoms with Crippen LogP contribution < -0.4 is 10.1 Å². The van der Waals surface area contributed by atoms with Crippen LogP contribution in [0, 0.1) is 0 Å². The third kappa shape index (κ3) is 5.45. The number of pyridine rings is 1. The number of carbonyl (C=O) groups excluding carboxylic acids is 1. The second-order valence-electron chi connectivity index (χ2n) is 7.53. The number of benzene rings is 3. The van der Waals surface area contributed by atoms with Crippen LogP contribution in [0.15, 0.2) is 96.3 Å². The average Bonchev–Trinajstić information content (AvgIpc) is 3.31. The first kappa shape index (κ1) is 22.9. The van der Waals surface area contributed by atoms with Gasteiger partial charge in [-0.15, -0.1) is 10.2 Å². The molecule has 174 valence electrons. The minimum Gasteiger partial charge on any atom is -0.483 e. The molecule has 5 rings (SSSR count). The van der Waals surface area contributed by atoms with Gasteiger partial charge in [0.15, 0.2) is 11.0 Å². The molecule has 0 saturated heterocycles. The van der Waals surface area contributed by atoms with Crippen LogP contribution in [0.4, 0.5) is 5.69 Å². The number of thioether (sulfide) groups is 1. The number of hydrogen-bond donors (Lipinski definition) is 1. The lowest BCUT2D eigenvalue weighted by molar-refractivity contribution is -0.113. The predicted molar refractivity (Wildman–Crippen MR) is 138 cm³/mol. The molecule has 0 saturated carbocycles. The first-order chi connectivity index (χ1) is 17.2. The quantitative estimate of drug-likeness (QED) is 0.271. The lowest BCUT2D eigenvalue weighted by Gasteiger charge is -2.12. The molecule has 2 heterocycles. The molecule has 0 aliphatic rings. The van der Waals surface area contributed by atoms with E-state index in [-0.39, 0.29) is 18.3 Å². The molecule has 0 bridgehead atoms. The molecule has 9 heteroatoms. The Kier molecular flexibility index (Phi) is 6.92. The van der Waals surface area contributed by atoms with E-state index in [1.165, 1.54) is 11.8 Å². The van der Waals surface area contributed by atoms with Crippen molar-refractivity contribution in [1.29, 1.82) is 0 Å². The maximum atomic E-state index is 12.5. The Bertz CT molecular complexity index is 1450. The molecule has 0 unspecified atom stereocenters. The first-order valence-electron chi connectivity index (χ1n) is 10.8. The van der Waals surface area contributed by atoms with E-state index in [1.54, 1.807) is 30.5 Å². The summed E-state index contributed by atoms with van der Waals surface area (Å²) in [7, 11) is 0. The highest BCUT2D eigenvalue weighted by Gasteiger charge is 2.17. The number of halogens is 1. The average molecular weight is 502 g/mol. The Morgan fingerprint density at radius 2 is 1.74 bits per heavy atom. The maximum Gasteiger partial charge on any atom is 0.234 e. The normalized spacial score (nSPS) is 10.9. The van der Waals surface area contributed by atoms with Gasteiger partial charge in [0.25, 0.3) is 0 Å². The van der Waals surface area contributed by atoms with Crippen molar-refractivity contribution in [3.63, 3.8) is 0 Å². The Morgan fingerprint density at radius 3 is 2.57 bits per heavy atom. The van der Waals surface area contributed by atoms with Crippen LogP contribution in [0.1, 0.15) is 5.82 Å². The Balaban J connectivity index is 1.34. The highest BCUT2D eigenvalue weighted by Crippen LogP contribution is 2.26. The van der Waals surface area contributed by atoms with E-state index in [2.05, 4.69) is 20.5 Å². The number of para-hydroxylation sites is 2. The van der Waals surface area contributed by atoms with Gasteiger partial charge in [0, 0.05) is 28.0 Å². The van der Waals surface area contributed by atoms with Crippen molar-refractivity contribution in [2.24, 2.45) is 0 Å². The molecule has 3 aromatic carbocycles. The number of nitrogens with one attached hydrogen (secondary N) is 1. The van der Waals surface area contributed by atoms with Crippen LogP contribution >= 0.6 is 23.4 Å². The number of aromatic nitrogens is 4. The molecular formula is C26H20ClN5O2S. The van der Waals surface area contributed by atoms with E-state index < -0.39 is 0 Å². The van der Waals surface area contributed by atoms with Crippen molar-refractivity contribution in [3.8, 4) is 11.4 Å². The molecule has 0 aliphatic heterocycles. The minimum absolute atomic E-state index is 0.153. The second-order valence-corrected chi connectivity index (χ2v) is 8.91. The molecule has 0 radical (unpaired) electrons. The summed E-state index contributed by atoms with van der Waals surface area (Å²) in [6.07, 6.45) is 1.74. The van der Waals surface area contributed by atoms with E-state index in [0.29, 0.717) is 27.4 Å². The summed E-state index contributed by atoms with van der Waals surface area (Å²) in [5, 5.41) is 13.8. The van der Waals surface area contributed by atoms with Gasteiger partial charge in [-0.05, 0) is 48.5 Å². The molecule has 35 heavy (non-hydrogen) atoms. The zero-order valence-electron chi connectivity index (χ0n) is 18.5. The van der Waals surface area contributed by atoms with Crippen LogP contribution in [-0.4, -0.2) is 31.4 Å². The highest BCUT2D eigenvalue weighted by molar-refractivity contribution is 7.99. The van der Waals surface area contributed by atoms with E-state index in [4.69, 9.17) is 16.3 Å². The van der Waals surface area contributed by atoms with Crippen molar-refractivity contribution >= 4 is 45.9 Å². The molecule has 0 atom stereocenters. The van der Waals surface area contributed by atoms with Crippen molar-refractivity contribution in [1.82, 2.24) is 19.7 Å². The van der Waals surface area contributed by atoms with Crippen LogP contribution in [-0.2, 0) is 11.4 Å². The standard InChI is InChI=1S/C26H20ClN5O2S/c27-19-11-13-20(14-12-19)29-24(33)17-35-26-31-30-23(32(26)21-8-2-1-3-9-21)16-34-22-10-4-6-18-7-5-15-28-25(18)22/h1-15H,16-17H2,(H,29,33). The van der Waals surface area contributed by atoms with Gasteiger partial charge in [-0.1, -0.05) is 59.8 Å². The van der Waals surface area contributed by atoms with Crippen molar-refractivity contribution in [2.75, 3.05) is 11.1 Å². The van der Waals surface area contributed by atoms with Gasteiger partial charge in [-0.25, -0.2) is 0 Å². The Morgan fingerprint density at radius 1 is 0.943 bits per heavy atom. The van der Waals surface area contributed by atoms with Crippen molar-refractivity contribution in [2.45, 2.75) is 11.8 Å². The fourth-order valence-electron chi connectivity index (χ4n) is 3.52. The molecule has 0 spiro atoms. The van der Waals surface area contributed by atoms with Crippen molar-refractivity contribution < 1.29 is 9.53 Å². The van der Waals surface area contributed by atoms with Gasteiger partial charge >= 0.3 is 0 Å². The molecule has 1 N–H and O–H groups in total. The van der Waals surface area contributed by atoms with E-state index in [9.17, 15) is 4.79 Å². The Labute approximate surface area is 211 Å². The summed E-state index contributed by atoms with van der Waals surface area (Å²) < 4.78 is 8.01. The van der Waals surface area contributed by atoms with Gasteiger partial charge in [0.1, 0.15) is 17.9 Å². The van der Waals surface area contributed by atoms with Gasteiger partial charge in [0.05, 0.1) is 5.75 Å². The van der Waals surface area contributed by atoms with Crippen molar-refractivity contribution in [3.05, 3.63) is 102 Å². The molecule has 2 aromatic heterocycles. The molecular weight excluding hydrogens is 482 g/mol. The zero-order chi connectivity index (χ0) is 24.0. The van der Waals surface area contributed by atoms with Gasteiger partial charge in [-0.2, -0.15) is 0 Å². The topological polar surface area (TPSA) is 81.9 Å². The second kappa shape index (κ2) is 10.6. The molecule has 5 aromatic rings. The first-order valence-corrected chi connectivity index (χ1v) is 12.2. The molecule has 0 aliphatic carbocycles. The zero-order valence-corrected chi connectivity index (χ0v) is 20.0. The summed E-state index contributed by atoms with van der Waals surface area (Å²) >= 11 is 7.21. The number of fused-ring (bicyclic) bond motifs is 1. The monoisotopic (exact) mass is 501 g/mol. The van der Waals surface area contributed by atoms with Crippen LogP contribution in [0.25, 0.3) is 16.6 Å². The fourth-order valence-corrected chi connectivity index (χ4v) is 4.42. The fraction of sp³-hybridized carbons (Fsp3) is 0.0769. The lowest BCUT2D eigenvalue weighted by Crippen LogP contribution is -2.14. The summed E-state index contributed by atoms with van der Waals surface area (Å²) in [6.45, 7) is 0.190. The number of nitrogens with zero attached hydrogens (tertiary/aromatic N) is 4. The number of carbonyl (C=O) groups is 1. The van der Waals surface area contributed by atoms with E-state index in [0.717, 1.165) is 16.6 Å². The number of ether oxygens (including phenoxy) is 1. The molecule has 1 amide bonds. The van der Waals surface area contributed by atoms with E-state index in [1.807, 2.05) is 65.2 Å². The van der Waals surface area contributed by atoms with Crippen LogP contribution in [0.3, 0.4) is 0 Å². The molecule has 7 nitrogen and oxygen atoms in total. The Hall–Kier alpha value is -3.88. The predicted octanol–water partition coefficient (Wildman–Crippen LogP) is 5.78. The third-order valence-electron chi connectivity index (χ3n) is 5.13. The number of hydrogen-bond acceptors (Lipinski definition) is 6. The SMILES string of the molecule is O=C(CSc1nnc(COc2cccc3cccnc23)n1-c1ccccc1)Nc1ccc(Cl)cc1. The summed E-state index contributed by atoms with van der Waals surface area (Å²) in [5.41, 5.74) is 2.35. The largest absolute Gasteiger partial charge is 0.483 e. The minimum atomic E-state index is -0.153. The van der Waals surface area contributed by atoms with Gasteiger partial charge in [-0.3, -0.25) is 14.3 Å². The number of rotatable bonds is 8. The van der Waals surface area contributed by atoms with Crippen LogP contribution in [0.2, 0.25) is 5.02 Å². The molecule has 0 fully saturated rings. The number of amides is 1. The van der Waals surface area contributed by atoms with Gasteiger partial charge in [0.2, 0.25) is 5.91 Å². The van der Waals surface area contributed by atoms with Gasteiger partial charge < -0.3 is 10.1 Å². The third-order valence-corrected chi connectivity index (χ3v) is 6.31.